The molecule has 1 N–H and O–H groups in total. The summed E-state index contributed by atoms with van der Waals surface area (Å²) in [4.78, 5) is 24.0. The summed E-state index contributed by atoms with van der Waals surface area (Å²) < 4.78 is 0. The summed E-state index contributed by atoms with van der Waals surface area (Å²) >= 11 is 0. The van der Waals surface area contributed by atoms with Gasteiger partial charge in [0.25, 0.3) is 5.91 Å². The van der Waals surface area contributed by atoms with Gasteiger partial charge in [0.15, 0.2) is 0 Å². The summed E-state index contributed by atoms with van der Waals surface area (Å²) in [6.45, 7) is 5.24. The molecule has 1 aromatic carbocycles. The van der Waals surface area contributed by atoms with Crippen molar-refractivity contribution in [3.63, 3.8) is 0 Å². The lowest BCUT2D eigenvalue weighted by atomic mass is 10.1. The van der Waals surface area contributed by atoms with Crippen molar-refractivity contribution >= 4 is 18.0 Å². The Labute approximate surface area is 95.3 Å². The molecular formula is C12H16N2O2. The maximum absolute atomic E-state index is 12.0. The number of rotatable bonds is 5. The zero-order valence-electron chi connectivity index (χ0n) is 9.56. The molecule has 16 heavy (non-hydrogen) atoms. The normalized spacial score (nSPS) is 9.62. The summed E-state index contributed by atoms with van der Waals surface area (Å²) in [7, 11) is 0. The van der Waals surface area contributed by atoms with Crippen LogP contribution in [0.3, 0.4) is 0 Å². The largest absolute Gasteiger partial charge is 0.339 e. The van der Waals surface area contributed by atoms with Gasteiger partial charge in [0.2, 0.25) is 6.41 Å². The van der Waals surface area contributed by atoms with Gasteiger partial charge < -0.3 is 10.2 Å². The minimum absolute atomic E-state index is 0.0143. The number of anilines is 1. The van der Waals surface area contributed by atoms with Gasteiger partial charge in [0.1, 0.15) is 0 Å². The maximum Gasteiger partial charge on any atom is 0.253 e. The predicted octanol–water partition coefficient (Wildman–Crippen LogP) is 1.74. The van der Waals surface area contributed by atoms with Gasteiger partial charge in [-0.2, -0.15) is 0 Å². The number of amides is 2. The maximum atomic E-state index is 12.0. The van der Waals surface area contributed by atoms with Gasteiger partial charge in [0.05, 0.1) is 0 Å². The zero-order chi connectivity index (χ0) is 12.0. The third kappa shape index (κ3) is 2.82. The molecule has 4 nitrogen and oxygen atoms in total. The Morgan fingerprint density at radius 1 is 1.38 bits per heavy atom. The highest BCUT2D eigenvalue weighted by Gasteiger charge is 2.12. The van der Waals surface area contributed by atoms with E-state index in [9.17, 15) is 9.59 Å². The van der Waals surface area contributed by atoms with E-state index in [-0.39, 0.29) is 5.91 Å². The molecule has 0 spiro atoms. The molecule has 2 amide bonds. The number of carbonyl (C=O) groups excluding carboxylic acids is 2. The molecule has 0 atom stereocenters. The second-order valence-corrected chi connectivity index (χ2v) is 3.32. The highest BCUT2D eigenvalue weighted by molar-refractivity contribution is 5.95. The van der Waals surface area contributed by atoms with E-state index in [1.807, 2.05) is 13.8 Å². The van der Waals surface area contributed by atoms with Crippen molar-refractivity contribution in [3.8, 4) is 0 Å². The van der Waals surface area contributed by atoms with Crippen LogP contribution in [-0.2, 0) is 4.79 Å². The van der Waals surface area contributed by atoms with Gasteiger partial charge in [-0.1, -0.05) is 6.07 Å². The first-order valence-corrected chi connectivity index (χ1v) is 5.32. The quantitative estimate of drug-likeness (QED) is 0.768. The first-order chi connectivity index (χ1) is 7.72. The molecule has 0 aliphatic heterocycles. The van der Waals surface area contributed by atoms with Crippen LogP contribution < -0.4 is 5.32 Å². The van der Waals surface area contributed by atoms with Gasteiger partial charge in [-0.3, -0.25) is 9.59 Å². The minimum Gasteiger partial charge on any atom is -0.339 e. The van der Waals surface area contributed by atoms with Crippen LogP contribution in [0, 0.1) is 0 Å². The second-order valence-electron chi connectivity index (χ2n) is 3.32. The molecule has 0 saturated heterocycles. The molecule has 1 rings (SSSR count). The molecule has 0 bridgehead atoms. The Hall–Kier alpha value is -1.84. The number of hydrogen-bond donors (Lipinski definition) is 1. The summed E-state index contributed by atoms with van der Waals surface area (Å²) in [5.74, 6) is -0.0143. The molecule has 0 saturated carbocycles. The molecule has 0 aromatic heterocycles. The van der Waals surface area contributed by atoms with Crippen molar-refractivity contribution in [2.45, 2.75) is 13.8 Å². The Bertz CT molecular complexity index is 373. The third-order valence-electron chi connectivity index (χ3n) is 2.39. The van der Waals surface area contributed by atoms with Crippen molar-refractivity contribution in [2.75, 3.05) is 18.4 Å². The Morgan fingerprint density at radius 3 is 2.62 bits per heavy atom. The smallest absolute Gasteiger partial charge is 0.253 e. The summed E-state index contributed by atoms with van der Waals surface area (Å²) in [6, 6.07) is 6.92. The van der Waals surface area contributed by atoms with Gasteiger partial charge in [-0.05, 0) is 32.0 Å². The average Bonchev–Trinajstić information content (AvgIpc) is 2.31. The lowest BCUT2D eigenvalue weighted by molar-refractivity contribution is -0.105. The van der Waals surface area contributed by atoms with Crippen LogP contribution in [0.25, 0.3) is 0 Å². The highest BCUT2D eigenvalue weighted by Crippen LogP contribution is 2.12. The monoisotopic (exact) mass is 220 g/mol. The number of benzene rings is 1. The summed E-state index contributed by atoms with van der Waals surface area (Å²) in [5.41, 5.74) is 1.23. The van der Waals surface area contributed by atoms with Gasteiger partial charge in [-0.15, -0.1) is 0 Å². The van der Waals surface area contributed by atoms with Gasteiger partial charge >= 0.3 is 0 Å². The van der Waals surface area contributed by atoms with Crippen molar-refractivity contribution < 1.29 is 9.59 Å². The lowest BCUT2D eigenvalue weighted by Crippen LogP contribution is -2.30. The number of nitrogens with zero attached hydrogens (tertiary/aromatic N) is 1. The number of carbonyl (C=O) groups is 2. The minimum atomic E-state index is -0.0143. The molecule has 4 heteroatoms. The van der Waals surface area contributed by atoms with Crippen LogP contribution in [0.5, 0.6) is 0 Å². The highest BCUT2D eigenvalue weighted by atomic mass is 16.2. The van der Waals surface area contributed by atoms with Gasteiger partial charge in [-0.25, -0.2) is 0 Å². The average molecular weight is 220 g/mol. The van der Waals surface area contributed by atoms with Crippen molar-refractivity contribution in [2.24, 2.45) is 0 Å². The number of hydrogen-bond acceptors (Lipinski definition) is 2. The molecule has 0 unspecified atom stereocenters. The first-order valence-electron chi connectivity index (χ1n) is 5.32. The predicted molar refractivity (Wildman–Crippen MR) is 63.4 cm³/mol. The molecule has 0 aliphatic carbocycles. The van der Waals surface area contributed by atoms with Crippen LogP contribution >= 0.6 is 0 Å². The van der Waals surface area contributed by atoms with Gasteiger partial charge in [0, 0.05) is 24.3 Å². The molecular weight excluding hydrogens is 204 g/mol. The topological polar surface area (TPSA) is 49.4 Å². The van der Waals surface area contributed by atoms with Crippen molar-refractivity contribution in [1.29, 1.82) is 0 Å². The Morgan fingerprint density at radius 2 is 2.06 bits per heavy atom. The van der Waals surface area contributed by atoms with Crippen LogP contribution in [0.2, 0.25) is 0 Å². The fourth-order valence-electron chi connectivity index (χ4n) is 1.50. The van der Waals surface area contributed by atoms with E-state index in [1.54, 1.807) is 29.2 Å². The summed E-state index contributed by atoms with van der Waals surface area (Å²) in [6.07, 6.45) is 0.598. The standard InChI is InChI=1S/C12H16N2O2/c1-3-14(4-2)12(16)10-6-5-7-11(8-10)13-9-15/h5-9H,3-4H2,1-2H3,(H,13,15). The van der Waals surface area contributed by atoms with Crippen LogP contribution in [0.1, 0.15) is 24.2 Å². The molecule has 0 fully saturated rings. The van der Waals surface area contributed by atoms with Crippen LogP contribution in [-0.4, -0.2) is 30.3 Å². The second kappa shape index (κ2) is 5.90. The van der Waals surface area contributed by atoms with Crippen LogP contribution in [0.4, 0.5) is 5.69 Å². The zero-order valence-corrected chi connectivity index (χ0v) is 9.56. The van der Waals surface area contributed by atoms with Crippen molar-refractivity contribution in [3.05, 3.63) is 29.8 Å². The third-order valence-corrected chi connectivity index (χ3v) is 2.39. The molecule has 0 aliphatic rings. The molecule has 0 radical (unpaired) electrons. The SMILES string of the molecule is CCN(CC)C(=O)c1cccc(NC=O)c1. The number of nitrogens with one attached hydrogen (secondary N) is 1. The lowest BCUT2D eigenvalue weighted by Gasteiger charge is -2.18. The first kappa shape index (κ1) is 12.2. The van der Waals surface area contributed by atoms with E-state index >= 15 is 0 Å². The fourth-order valence-corrected chi connectivity index (χ4v) is 1.50. The van der Waals surface area contributed by atoms with E-state index < -0.39 is 0 Å². The van der Waals surface area contributed by atoms with E-state index in [4.69, 9.17) is 0 Å². The van der Waals surface area contributed by atoms with E-state index in [0.717, 1.165) is 0 Å². The van der Waals surface area contributed by atoms with E-state index in [1.165, 1.54) is 0 Å². The molecule has 0 heterocycles. The van der Waals surface area contributed by atoms with E-state index in [0.29, 0.717) is 30.8 Å². The Kier molecular flexibility index (Phi) is 4.51. The Balaban J connectivity index is 2.90. The molecule has 86 valence electrons. The fraction of sp³-hybridized carbons (Fsp3) is 0.333. The van der Waals surface area contributed by atoms with Crippen LogP contribution in [0.15, 0.2) is 24.3 Å². The van der Waals surface area contributed by atoms with Crippen molar-refractivity contribution in [1.82, 2.24) is 4.90 Å². The summed E-state index contributed by atoms with van der Waals surface area (Å²) in [5, 5.41) is 2.53. The van der Waals surface area contributed by atoms with E-state index in [2.05, 4.69) is 5.32 Å². The molecule has 1 aromatic rings.